The molecule has 2 nitrogen and oxygen atoms in total. The second-order valence-corrected chi connectivity index (χ2v) is 2.49. The van der Waals surface area contributed by atoms with E-state index in [9.17, 15) is 18.0 Å². The number of aliphatic carboxylic acids is 1. The lowest BCUT2D eigenvalue weighted by atomic mass is 10.4. The molecule has 0 aliphatic heterocycles. The summed E-state index contributed by atoms with van der Waals surface area (Å²) in [5, 5.41) is 7.79. The van der Waals surface area contributed by atoms with Crippen LogP contribution in [0.3, 0.4) is 0 Å². The van der Waals surface area contributed by atoms with E-state index in [1.807, 2.05) is 0 Å². The number of rotatable bonds is 1. The Morgan fingerprint density at radius 3 is 1.89 bits per heavy atom. The highest BCUT2D eigenvalue weighted by Crippen LogP contribution is 2.26. The molecular formula is C3H2F3IO2. The summed E-state index contributed by atoms with van der Waals surface area (Å²) in [5.41, 5.74) is 0. The maximum absolute atomic E-state index is 11.3. The number of carboxylic acids is 1. The Balaban J connectivity index is 4.04. The van der Waals surface area contributed by atoms with Crippen LogP contribution in [0.2, 0.25) is 0 Å². The van der Waals surface area contributed by atoms with Gasteiger partial charge < -0.3 is 5.11 Å². The van der Waals surface area contributed by atoms with Crippen molar-refractivity contribution in [2.24, 2.45) is 0 Å². The average Bonchev–Trinajstić information content (AvgIpc) is 1.62. The first-order valence-corrected chi connectivity index (χ1v) is 3.04. The monoisotopic (exact) mass is 254 g/mol. The lowest BCUT2D eigenvalue weighted by Gasteiger charge is -2.07. The van der Waals surface area contributed by atoms with Crippen LogP contribution in [-0.2, 0) is 4.79 Å². The molecule has 0 fully saturated rings. The fraction of sp³-hybridized carbons (Fsp3) is 0.667. The number of hydrogen-bond acceptors (Lipinski definition) is 1. The molecule has 0 saturated heterocycles. The second kappa shape index (κ2) is 2.72. The molecule has 0 saturated carbocycles. The minimum Gasteiger partial charge on any atom is -0.480 e. The van der Waals surface area contributed by atoms with E-state index in [1.165, 1.54) is 0 Å². The maximum Gasteiger partial charge on any atom is 0.411 e. The number of alkyl halides is 4. The van der Waals surface area contributed by atoms with Gasteiger partial charge in [-0.05, 0) is 0 Å². The third-order valence-electron chi connectivity index (χ3n) is 0.504. The van der Waals surface area contributed by atoms with E-state index < -0.39 is 16.1 Å². The highest BCUT2D eigenvalue weighted by molar-refractivity contribution is 14.1. The Morgan fingerprint density at radius 1 is 1.56 bits per heavy atom. The molecule has 0 aromatic rings. The largest absolute Gasteiger partial charge is 0.480 e. The van der Waals surface area contributed by atoms with Crippen molar-refractivity contribution in [2.75, 3.05) is 0 Å². The molecule has 1 N–H and O–H groups in total. The third kappa shape index (κ3) is 2.87. The quantitative estimate of drug-likeness (QED) is 0.567. The summed E-state index contributed by atoms with van der Waals surface area (Å²) in [7, 11) is 0. The van der Waals surface area contributed by atoms with Crippen molar-refractivity contribution in [2.45, 2.75) is 10.1 Å². The number of halogens is 4. The summed E-state index contributed by atoms with van der Waals surface area (Å²) < 4.78 is 31.6. The van der Waals surface area contributed by atoms with Gasteiger partial charge in [-0.1, -0.05) is 22.6 Å². The van der Waals surface area contributed by atoms with Crippen molar-refractivity contribution >= 4 is 28.6 Å². The molecule has 0 bridgehead atoms. The van der Waals surface area contributed by atoms with Crippen molar-refractivity contribution in [1.82, 2.24) is 0 Å². The zero-order chi connectivity index (χ0) is 7.65. The molecule has 0 aliphatic rings. The fourth-order valence-corrected chi connectivity index (χ4v) is 0.140. The molecule has 54 valence electrons. The van der Waals surface area contributed by atoms with Crippen molar-refractivity contribution in [3.63, 3.8) is 0 Å². The molecule has 6 heteroatoms. The zero-order valence-corrected chi connectivity index (χ0v) is 6.10. The summed E-state index contributed by atoms with van der Waals surface area (Å²) in [6.45, 7) is 0. The van der Waals surface area contributed by atoms with E-state index in [2.05, 4.69) is 0 Å². The van der Waals surface area contributed by atoms with Gasteiger partial charge >= 0.3 is 12.1 Å². The lowest BCUT2D eigenvalue weighted by Crippen LogP contribution is -2.30. The van der Waals surface area contributed by atoms with Crippen LogP contribution >= 0.6 is 22.6 Å². The number of carboxylic acid groups (broad SMARTS) is 1. The normalized spacial score (nSPS) is 15.1. The first-order valence-electron chi connectivity index (χ1n) is 1.79. The Labute approximate surface area is 62.2 Å². The summed E-state index contributed by atoms with van der Waals surface area (Å²) in [4.78, 5) is 9.62. The van der Waals surface area contributed by atoms with E-state index >= 15 is 0 Å². The topological polar surface area (TPSA) is 37.3 Å². The van der Waals surface area contributed by atoms with Crippen molar-refractivity contribution < 1.29 is 23.1 Å². The van der Waals surface area contributed by atoms with Crippen LogP contribution in [0.1, 0.15) is 0 Å². The highest BCUT2D eigenvalue weighted by Gasteiger charge is 2.42. The van der Waals surface area contributed by atoms with Crippen LogP contribution < -0.4 is 0 Å². The van der Waals surface area contributed by atoms with Gasteiger partial charge in [0.25, 0.3) is 0 Å². The molecule has 0 aliphatic carbocycles. The number of carbonyl (C=O) groups is 1. The van der Waals surface area contributed by atoms with E-state index in [0.29, 0.717) is 0 Å². The molecule has 0 heterocycles. The van der Waals surface area contributed by atoms with Gasteiger partial charge in [0.05, 0.1) is 0 Å². The summed E-state index contributed by atoms with van der Waals surface area (Å²) in [6.07, 6.45) is -4.63. The van der Waals surface area contributed by atoms with Gasteiger partial charge in [0.15, 0.2) is 0 Å². The van der Waals surface area contributed by atoms with Crippen LogP contribution in [-0.4, -0.2) is 21.2 Å². The predicted octanol–water partition coefficient (Wildman–Crippen LogP) is 1.44. The van der Waals surface area contributed by atoms with E-state index in [0.717, 1.165) is 22.6 Å². The fourth-order valence-electron chi connectivity index (χ4n) is 0.140. The Hall–Kier alpha value is -0.0100. The first-order chi connectivity index (χ1) is 3.85. The van der Waals surface area contributed by atoms with Crippen molar-refractivity contribution in [1.29, 1.82) is 0 Å². The Kier molecular flexibility index (Phi) is 2.71. The SMILES string of the molecule is O=C(O)[C@H](I)C(F)(F)F. The molecule has 0 unspecified atom stereocenters. The summed E-state index contributed by atoms with van der Waals surface area (Å²) >= 11 is 0.814. The molecule has 0 spiro atoms. The maximum atomic E-state index is 11.3. The summed E-state index contributed by atoms with van der Waals surface area (Å²) in [5.74, 6) is -1.86. The number of hydrogen-bond donors (Lipinski definition) is 1. The van der Waals surface area contributed by atoms with Crippen LogP contribution in [0, 0.1) is 0 Å². The van der Waals surface area contributed by atoms with Gasteiger partial charge in [-0.3, -0.25) is 4.79 Å². The van der Waals surface area contributed by atoms with Gasteiger partial charge in [-0.15, -0.1) is 0 Å². The molecule has 9 heavy (non-hydrogen) atoms. The second-order valence-electron chi connectivity index (χ2n) is 1.24. The standard InChI is InChI=1S/C3H2F3IO2/c4-3(5,6)1(7)2(8)9/h1H,(H,8,9)/t1-/m0/s1. The van der Waals surface area contributed by atoms with Crippen LogP contribution in [0.25, 0.3) is 0 Å². The van der Waals surface area contributed by atoms with Gasteiger partial charge in [0, 0.05) is 0 Å². The van der Waals surface area contributed by atoms with Crippen LogP contribution in [0.15, 0.2) is 0 Å². The van der Waals surface area contributed by atoms with Gasteiger partial charge in [-0.2, -0.15) is 13.2 Å². The summed E-state index contributed by atoms with van der Waals surface area (Å²) in [6, 6.07) is 0. The van der Waals surface area contributed by atoms with E-state index in [4.69, 9.17) is 5.11 Å². The molecule has 0 rings (SSSR count). The van der Waals surface area contributed by atoms with Crippen LogP contribution in [0.4, 0.5) is 13.2 Å². The first kappa shape index (κ1) is 8.99. The Bertz CT molecular complexity index is 121. The lowest BCUT2D eigenvalue weighted by molar-refractivity contribution is -0.160. The molecule has 1 atom stereocenters. The smallest absolute Gasteiger partial charge is 0.411 e. The minimum absolute atomic E-state index is 0.814. The molecule has 0 radical (unpaired) electrons. The van der Waals surface area contributed by atoms with Gasteiger partial charge in [0.2, 0.25) is 3.92 Å². The third-order valence-corrected chi connectivity index (χ3v) is 1.74. The molecule has 0 aromatic carbocycles. The van der Waals surface area contributed by atoms with Crippen LogP contribution in [0.5, 0.6) is 0 Å². The van der Waals surface area contributed by atoms with Gasteiger partial charge in [-0.25, -0.2) is 0 Å². The highest BCUT2D eigenvalue weighted by atomic mass is 127. The zero-order valence-electron chi connectivity index (χ0n) is 3.94. The van der Waals surface area contributed by atoms with E-state index in [-0.39, 0.29) is 0 Å². The molecule has 0 amide bonds. The van der Waals surface area contributed by atoms with E-state index in [1.54, 1.807) is 0 Å². The Morgan fingerprint density at radius 2 is 1.89 bits per heavy atom. The molecule has 0 aromatic heterocycles. The predicted molar refractivity (Wildman–Crippen MR) is 31.5 cm³/mol. The molecular weight excluding hydrogens is 252 g/mol. The van der Waals surface area contributed by atoms with Crippen molar-refractivity contribution in [3.8, 4) is 0 Å². The average molecular weight is 254 g/mol. The minimum atomic E-state index is -4.63. The van der Waals surface area contributed by atoms with Crippen molar-refractivity contribution in [3.05, 3.63) is 0 Å². The van der Waals surface area contributed by atoms with Gasteiger partial charge in [0.1, 0.15) is 0 Å².